The summed E-state index contributed by atoms with van der Waals surface area (Å²) in [6, 6.07) is 5.10. The molecule has 80 valence electrons. The zero-order chi connectivity index (χ0) is 10.8. The Labute approximate surface area is 95.4 Å². The zero-order valence-corrected chi connectivity index (χ0v) is 9.49. The molecule has 4 nitrogen and oxygen atoms in total. The number of benzene rings is 1. The van der Waals surface area contributed by atoms with E-state index in [1.165, 1.54) is 0 Å². The molecule has 2 rings (SSSR count). The van der Waals surface area contributed by atoms with Crippen molar-refractivity contribution in [1.29, 1.82) is 0 Å². The number of carbonyl (C=O) groups excluding carboxylic acids is 1. The number of halogens is 1. The van der Waals surface area contributed by atoms with Gasteiger partial charge in [0.05, 0.1) is 11.6 Å². The van der Waals surface area contributed by atoms with Crippen LogP contribution in [-0.2, 0) is 9.68 Å². The highest BCUT2D eigenvalue weighted by atomic mass is 79.9. The number of anilines is 1. The average molecular weight is 272 g/mol. The number of rotatable bonds is 3. The first-order valence-corrected chi connectivity index (χ1v) is 5.39. The van der Waals surface area contributed by atoms with E-state index in [-0.39, 0.29) is 11.9 Å². The van der Waals surface area contributed by atoms with Crippen molar-refractivity contribution in [3.05, 3.63) is 22.7 Å². The number of nitrogens with two attached hydrogens (primary N) is 1. The maximum atomic E-state index is 11.2. The van der Waals surface area contributed by atoms with Gasteiger partial charge in [-0.3, -0.25) is 9.78 Å². The van der Waals surface area contributed by atoms with Gasteiger partial charge in [0.1, 0.15) is 0 Å². The Morgan fingerprint density at radius 3 is 2.87 bits per heavy atom. The predicted octanol–water partition coefficient (Wildman–Crippen LogP) is 2.28. The van der Waals surface area contributed by atoms with Crippen LogP contribution < -0.4 is 10.6 Å². The standard InChI is InChI=1S/C10H10BrNO3/c11-7-3-4-8(12)9(5-7)14-15-10(13)6-1-2-6/h3-6H,1-2,12H2. The van der Waals surface area contributed by atoms with E-state index in [0.29, 0.717) is 11.4 Å². The Bertz CT molecular complexity index is 390. The fraction of sp³-hybridized carbons (Fsp3) is 0.300. The lowest BCUT2D eigenvalue weighted by Gasteiger charge is -2.06. The summed E-state index contributed by atoms with van der Waals surface area (Å²) in [7, 11) is 0. The summed E-state index contributed by atoms with van der Waals surface area (Å²) in [5.41, 5.74) is 6.06. The summed E-state index contributed by atoms with van der Waals surface area (Å²) in [6.07, 6.45) is 1.77. The van der Waals surface area contributed by atoms with Gasteiger partial charge in [-0.1, -0.05) is 15.9 Å². The molecule has 1 aromatic rings. The van der Waals surface area contributed by atoms with Crippen LogP contribution in [0.4, 0.5) is 5.69 Å². The largest absolute Gasteiger partial charge is 0.396 e. The number of carbonyl (C=O) groups is 1. The zero-order valence-electron chi connectivity index (χ0n) is 7.90. The highest BCUT2D eigenvalue weighted by molar-refractivity contribution is 9.10. The molecule has 0 aromatic heterocycles. The molecule has 15 heavy (non-hydrogen) atoms. The quantitative estimate of drug-likeness (QED) is 0.521. The molecule has 0 amide bonds. The minimum Gasteiger partial charge on any atom is -0.396 e. The van der Waals surface area contributed by atoms with Crippen molar-refractivity contribution in [2.24, 2.45) is 5.92 Å². The van der Waals surface area contributed by atoms with E-state index in [9.17, 15) is 4.79 Å². The van der Waals surface area contributed by atoms with Crippen LogP contribution in [0, 0.1) is 5.92 Å². The first-order valence-electron chi connectivity index (χ1n) is 4.60. The second kappa shape index (κ2) is 4.10. The van der Waals surface area contributed by atoms with Gasteiger partial charge < -0.3 is 5.73 Å². The van der Waals surface area contributed by atoms with E-state index in [1.54, 1.807) is 18.2 Å². The minimum atomic E-state index is -0.325. The molecule has 0 saturated heterocycles. The second-order valence-electron chi connectivity index (χ2n) is 3.44. The molecule has 1 saturated carbocycles. The van der Waals surface area contributed by atoms with Gasteiger partial charge in [-0.2, -0.15) is 0 Å². The Morgan fingerprint density at radius 2 is 2.20 bits per heavy atom. The normalized spacial score (nSPS) is 14.7. The summed E-state index contributed by atoms with van der Waals surface area (Å²) in [5.74, 6) is 0.0335. The fourth-order valence-electron chi connectivity index (χ4n) is 1.05. The Hall–Kier alpha value is -1.23. The van der Waals surface area contributed by atoms with Crippen molar-refractivity contribution in [3.63, 3.8) is 0 Å². The van der Waals surface area contributed by atoms with E-state index >= 15 is 0 Å². The van der Waals surface area contributed by atoms with Crippen LogP contribution >= 0.6 is 15.9 Å². The van der Waals surface area contributed by atoms with E-state index in [2.05, 4.69) is 20.8 Å². The van der Waals surface area contributed by atoms with Crippen molar-refractivity contribution in [3.8, 4) is 5.75 Å². The van der Waals surface area contributed by atoms with Gasteiger partial charge in [0.15, 0.2) is 0 Å². The number of hydrogen-bond donors (Lipinski definition) is 1. The molecule has 0 unspecified atom stereocenters. The van der Waals surface area contributed by atoms with Gasteiger partial charge in [0.25, 0.3) is 0 Å². The van der Waals surface area contributed by atoms with Crippen LogP contribution in [0.25, 0.3) is 0 Å². The third kappa shape index (κ3) is 2.62. The minimum absolute atomic E-state index is 0.0124. The van der Waals surface area contributed by atoms with Gasteiger partial charge in [-0.25, -0.2) is 4.79 Å². The SMILES string of the molecule is Nc1ccc(Br)cc1OOC(=O)C1CC1. The van der Waals surface area contributed by atoms with Gasteiger partial charge in [0, 0.05) is 10.5 Å². The molecule has 0 radical (unpaired) electrons. The van der Waals surface area contributed by atoms with Gasteiger partial charge in [-0.05, 0) is 25.0 Å². The van der Waals surface area contributed by atoms with Gasteiger partial charge in [0.2, 0.25) is 5.75 Å². The monoisotopic (exact) mass is 271 g/mol. The molecule has 1 aliphatic rings. The summed E-state index contributed by atoms with van der Waals surface area (Å²) in [5, 5.41) is 0. The smallest absolute Gasteiger partial charge is 0.358 e. The molecule has 0 atom stereocenters. The number of nitrogen functional groups attached to an aromatic ring is 1. The van der Waals surface area contributed by atoms with Crippen molar-refractivity contribution in [2.75, 3.05) is 5.73 Å². The second-order valence-corrected chi connectivity index (χ2v) is 4.36. The van der Waals surface area contributed by atoms with Crippen molar-refractivity contribution >= 4 is 27.6 Å². The van der Waals surface area contributed by atoms with Crippen molar-refractivity contribution in [2.45, 2.75) is 12.8 Å². The van der Waals surface area contributed by atoms with Crippen LogP contribution in [0.15, 0.2) is 22.7 Å². The molecule has 1 aromatic carbocycles. The molecule has 0 spiro atoms. The molecular weight excluding hydrogens is 262 g/mol. The van der Waals surface area contributed by atoms with Gasteiger partial charge in [-0.15, -0.1) is 0 Å². The molecule has 0 aliphatic heterocycles. The summed E-state index contributed by atoms with van der Waals surface area (Å²) >= 11 is 3.27. The third-order valence-corrected chi connectivity index (χ3v) is 2.59. The Morgan fingerprint density at radius 1 is 1.47 bits per heavy atom. The topological polar surface area (TPSA) is 61.6 Å². The van der Waals surface area contributed by atoms with E-state index in [0.717, 1.165) is 17.3 Å². The van der Waals surface area contributed by atoms with E-state index in [4.69, 9.17) is 10.6 Å². The molecule has 2 N–H and O–H groups in total. The molecule has 1 aliphatic carbocycles. The summed E-state index contributed by atoms with van der Waals surface area (Å²) < 4.78 is 0.814. The van der Waals surface area contributed by atoms with Crippen LogP contribution in [0.3, 0.4) is 0 Å². The Balaban J connectivity index is 1.97. The fourth-order valence-corrected chi connectivity index (χ4v) is 1.39. The highest BCUT2D eigenvalue weighted by Crippen LogP contribution is 2.31. The maximum absolute atomic E-state index is 11.2. The van der Waals surface area contributed by atoms with E-state index < -0.39 is 0 Å². The summed E-state index contributed by atoms with van der Waals surface area (Å²) in [6.45, 7) is 0. The van der Waals surface area contributed by atoms with Crippen LogP contribution in [0.1, 0.15) is 12.8 Å². The van der Waals surface area contributed by atoms with E-state index in [1.807, 2.05) is 0 Å². The summed E-state index contributed by atoms with van der Waals surface area (Å²) in [4.78, 5) is 20.7. The maximum Gasteiger partial charge on any atom is 0.358 e. The Kier molecular flexibility index (Phi) is 2.81. The first kappa shape index (κ1) is 10.3. The highest BCUT2D eigenvalue weighted by Gasteiger charge is 2.32. The molecule has 1 fully saturated rings. The number of hydrogen-bond acceptors (Lipinski definition) is 4. The molecular formula is C10H10BrNO3. The first-order chi connectivity index (χ1) is 7.16. The lowest BCUT2D eigenvalue weighted by Crippen LogP contribution is -2.10. The van der Waals surface area contributed by atoms with Crippen molar-refractivity contribution in [1.82, 2.24) is 0 Å². The lowest BCUT2D eigenvalue weighted by atomic mass is 10.3. The molecule has 5 heteroatoms. The van der Waals surface area contributed by atoms with Crippen LogP contribution in [0.5, 0.6) is 5.75 Å². The van der Waals surface area contributed by atoms with Crippen molar-refractivity contribution < 1.29 is 14.6 Å². The lowest BCUT2D eigenvalue weighted by molar-refractivity contribution is -0.215. The van der Waals surface area contributed by atoms with Gasteiger partial charge >= 0.3 is 5.97 Å². The molecule has 0 bridgehead atoms. The third-order valence-electron chi connectivity index (χ3n) is 2.10. The molecule has 0 heterocycles. The van der Waals surface area contributed by atoms with Crippen LogP contribution in [0.2, 0.25) is 0 Å². The average Bonchev–Trinajstić information content (AvgIpc) is 3.02. The van der Waals surface area contributed by atoms with Crippen LogP contribution in [-0.4, -0.2) is 5.97 Å². The predicted molar refractivity (Wildman–Crippen MR) is 58.0 cm³/mol.